The van der Waals surface area contributed by atoms with E-state index in [0.29, 0.717) is 19.3 Å². The zero-order valence-corrected chi connectivity index (χ0v) is 38.3. The van der Waals surface area contributed by atoms with Crippen LogP contribution in [0.1, 0.15) is 272 Å². The maximum atomic E-state index is 12.7. The van der Waals surface area contributed by atoms with Crippen LogP contribution < -0.4 is 0 Å². The van der Waals surface area contributed by atoms with Crippen molar-refractivity contribution in [1.82, 2.24) is 0 Å². The van der Waals surface area contributed by atoms with Gasteiger partial charge in [0.25, 0.3) is 0 Å². The van der Waals surface area contributed by atoms with Crippen LogP contribution in [0.5, 0.6) is 0 Å². The maximum absolute atomic E-state index is 12.7. The molecule has 332 valence electrons. The highest BCUT2D eigenvalue weighted by Gasteiger charge is 2.19. The Morgan fingerprint density at radius 1 is 0.375 bits per heavy atom. The third-order valence-electron chi connectivity index (χ3n) is 11.6. The number of rotatable bonds is 44. The SMILES string of the molecule is CCCCCCCCCCCC(=O)O[C@@H](COC(=O)CCCCCCCCCCCCCCCCC(C)C)COC(=O)CCCCCCCCCCC(C)CC. The molecular formula is C50H96O6. The molecule has 0 aromatic heterocycles. The van der Waals surface area contributed by atoms with Crippen molar-refractivity contribution in [1.29, 1.82) is 0 Å². The van der Waals surface area contributed by atoms with Crippen molar-refractivity contribution < 1.29 is 28.6 Å². The van der Waals surface area contributed by atoms with Gasteiger partial charge in [0.05, 0.1) is 0 Å². The summed E-state index contributed by atoms with van der Waals surface area (Å²) in [5.74, 6) is 0.838. The van der Waals surface area contributed by atoms with Gasteiger partial charge in [0.15, 0.2) is 6.10 Å². The van der Waals surface area contributed by atoms with Gasteiger partial charge in [-0.15, -0.1) is 0 Å². The fraction of sp³-hybridized carbons (Fsp3) is 0.940. The molecule has 0 saturated carbocycles. The molecular weight excluding hydrogens is 697 g/mol. The Kier molecular flexibility index (Phi) is 41.8. The lowest BCUT2D eigenvalue weighted by atomic mass is 9.99. The van der Waals surface area contributed by atoms with Gasteiger partial charge in [-0.05, 0) is 31.1 Å². The van der Waals surface area contributed by atoms with Gasteiger partial charge >= 0.3 is 17.9 Å². The van der Waals surface area contributed by atoms with Gasteiger partial charge in [-0.1, -0.05) is 234 Å². The molecule has 6 heteroatoms. The van der Waals surface area contributed by atoms with E-state index in [4.69, 9.17) is 14.2 Å². The van der Waals surface area contributed by atoms with Crippen molar-refractivity contribution in [2.45, 2.75) is 278 Å². The highest BCUT2D eigenvalue weighted by Crippen LogP contribution is 2.17. The Labute approximate surface area is 348 Å². The first-order valence-corrected chi connectivity index (χ1v) is 24.8. The Morgan fingerprint density at radius 3 is 1.02 bits per heavy atom. The van der Waals surface area contributed by atoms with E-state index in [1.807, 2.05) is 0 Å². The van der Waals surface area contributed by atoms with Crippen LogP contribution in [0.3, 0.4) is 0 Å². The van der Waals surface area contributed by atoms with E-state index in [1.54, 1.807) is 0 Å². The number of hydrogen-bond donors (Lipinski definition) is 0. The highest BCUT2D eigenvalue weighted by atomic mass is 16.6. The topological polar surface area (TPSA) is 78.9 Å². The highest BCUT2D eigenvalue weighted by molar-refractivity contribution is 5.71. The molecule has 56 heavy (non-hydrogen) atoms. The second-order valence-electron chi connectivity index (χ2n) is 17.8. The van der Waals surface area contributed by atoms with Crippen LogP contribution in [-0.4, -0.2) is 37.2 Å². The van der Waals surface area contributed by atoms with Gasteiger partial charge in [0, 0.05) is 19.3 Å². The summed E-state index contributed by atoms with van der Waals surface area (Å²) in [5.41, 5.74) is 0. The van der Waals surface area contributed by atoms with Crippen LogP contribution >= 0.6 is 0 Å². The number of carbonyl (C=O) groups excluding carboxylic acids is 3. The lowest BCUT2D eigenvalue weighted by Crippen LogP contribution is -2.30. The van der Waals surface area contributed by atoms with E-state index < -0.39 is 6.10 Å². The fourth-order valence-electron chi connectivity index (χ4n) is 7.43. The van der Waals surface area contributed by atoms with Crippen molar-refractivity contribution in [3.8, 4) is 0 Å². The molecule has 0 radical (unpaired) electrons. The van der Waals surface area contributed by atoms with E-state index in [-0.39, 0.29) is 31.1 Å². The summed E-state index contributed by atoms with van der Waals surface area (Å²) in [6.45, 7) is 11.4. The van der Waals surface area contributed by atoms with Crippen LogP contribution in [0.25, 0.3) is 0 Å². The van der Waals surface area contributed by atoms with Gasteiger partial charge in [0.2, 0.25) is 0 Å². The number of carbonyl (C=O) groups is 3. The van der Waals surface area contributed by atoms with Crippen molar-refractivity contribution in [2.75, 3.05) is 13.2 Å². The lowest BCUT2D eigenvalue weighted by Gasteiger charge is -2.18. The van der Waals surface area contributed by atoms with Crippen LogP contribution in [0, 0.1) is 11.8 Å². The molecule has 0 fully saturated rings. The Bertz CT molecular complexity index is 856. The van der Waals surface area contributed by atoms with Crippen LogP contribution in [0.2, 0.25) is 0 Å². The summed E-state index contributed by atoms with van der Waals surface area (Å²) in [5, 5.41) is 0. The number of esters is 3. The molecule has 0 amide bonds. The van der Waals surface area contributed by atoms with Crippen molar-refractivity contribution in [2.24, 2.45) is 11.8 Å². The quantitative estimate of drug-likeness (QED) is 0.0347. The first kappa shape index (κ1) is 54.4. The smallest absolute Gasteiger partial charge is 0.306 e. The molecule has 0 heterocycles. The predicted octanol–water partition coefficient (Wildman–Crippen LogP) is 15.8. The molecule has 0 N–H and O–H groups in total. The summed E-state index contributed by atoms with van der Waals surface area (Å²) in [4.78, 5) is 37.8. The van der Waals surface area contributed by atoms with Gasteiger partial charge < -0.3 is 14.2 Å². The summed E-state index contributed by atoms with van der Waals surface area (Å²) < 4.78 is 16.7. The van der Waals surface area contributed by atoms with Gasteiger partial charge in [-0.25, -0.2) is 0 Å². The van der Waals surface area contributed by atoms with Crippen LogP contribution in [-0.2, 0) is 28.6 Å². The van der Waals surface area contributed by atoms with E-state index in [1.165, 1.54) is 161 Å². The van der Waals surface area contributed by atoms with Crippen molar-refractivity contribution >= 4 is 17.9 Å². The number of ether oxygens (including phenoxy) is 3. The van der Waals surface area contributed by atoms with Gasteiger partial charge in [0.1, 0.15) is 13.2 Å². The molecule has 2 atom stereocenters. The first-order chi connectivity index (χ1) is 27.3. The first-order valence-electron chi connectivity index (χ1n) is 24.8. The average Bonchev–Trinajstić information content (AvgIpc) is 3.18. The summed E-state index contributed by atoms with van der Waals surface area (Å²) in [6.07, 6.45) is 42.3. The van der Waals surface area contributed by atoms with Crippen LogP contribution in [0.15, 0.2) is 0 Å². The molecule has 1 unspecified atom stereocenters. The number of unbranched alkanes of at least 4 members (excludes halogenated alkanes) is 28. The van der Waals surface area contributed by atoms with E-state index >= 15 is 0 Å². The lowest BCUT2D eigenvalue weighted by molar-refractivity contribution is -0.167. The summed E-state index contributed by atoms with van der Waals surface area (Å²) >= 11 is 0. The predicted molar refractivity (Wildman–Crippen MR) is 238 cm³/mol. The zero-order chi connectivity index (χ0) is 41.2. The molecule has 0 rings (SSSR count). The van der Waals surface area contributed by atoms with E-state index in [9.17, 15) is 14.4 Å². The monoisotopic (exact) mass is 793 g/mol. The van der Waals surface area contributed by atoms with Gasteiger partial charge in [-0.2, -0.15) is 0 Å². The number of hydrogen-bond acceptors (Lipinski definition) is 6. The van der Waals surface area contributed by atoms with E-state index in [2.05, 4.69) is 34.6 Å². The molecule has 0 aromatic rings. The minimum atomic E-state index is -0.760. The molecule has 0 aliphatic heterocycles. The second kappa shape index (κ2) is 43.0. The Balaban J connectivity index is 4.25. The zero-order valence-electron chi connectivity index (χ0n) is 38.3. The standard InChI is InChI=1S/C50H96O6/c1-6-8-9-10-11-18-27-32-37-42-50(53)56-47(44-55-49(52)41-36-31-26-22-21-24-29-34-39-46(5)7-2)43-54-48(51)40-35-30-25-20-17-15-13-12-14-16-19-23-28-33-38-45(3)4/h45-47H,6-44H2,1-5H3/t46?,47-/m0/s1. The summed E-state index contributed by atoms with van der Waals surface area (Å²) in [6, 6.07) is 0. The largest absolute Gasteiger partial charge is 0.462 e. The molecule has 0 aliphatic carbocycles. The third-order valence-corrected chi connectivity index (χ3v) is 11.6. The normalized spacial score (nSPS) is 12.5. The minimum Gasteiger partial charge on any atom is -0.462 e. The van der Waals surface area contributed by atoms with E-state index in [0.717, 1.165) is 69.6 Å². The molecule has 0 aromatic carbocycles. The minimum absolute atomic E-state index is 0.0644. The Morgan fingerprint density at radius 2 is 0.679 bits per heavy atom. The fourth-order valence-corrected chi connectivity index (χ4v) is 7.43. The second-order valence-corrected chi connectivity index (χ2v) is 17.8. The van der Waals surface area contributed by atoms with Gasteiger partial charge in [-0.3, -0.25) is 14.4 Å². The Hall–Kier alpha value is -1.59. The molecule has 6 nitrogen and oxygen atoms in total. The van der Waals surface area contributed by atoms with Crippen molar-refractivity contribution in [3.05, 3.63) is 0 Å². The van der Waals surface area contributed by atoms with Crippen molar-refractivity contribution in [3.63, 3.8) is 0 Å². The molecule has 0 saturated heterocycles. The average molecular weight is 793 g/mol. The maximum Gasteiger partial charge on any atom is 0.306 e. The molecule has 0 aliphatic rings. The molecule has 0 bridgehead atoms. The third kappa shape index (κ3) is 42.0. The van der Waals surface area contributed by atoms with Crippen LogP contribution in [0.4, 0.5) is 0 Å². The molecule has 0 spiro atoms. The summed E-state index contributed by atoms with van der Waals surface area (Å²) in [7, 11) is 0.